The van der Waals surface area contributed by atoms with Crippen molar-refractivity contribution in [3.05, 3.63) is 64.6 Å². The van der Waals surface area contributed by atoms with Gasteiger partial charge in [-0.1, -0.05) is 58.5 Å². The third-order valence-corrected chi connectivity index (χ3v) is 3.69. The SMILES string of the molecule is N#CC(C(=O)c1ccccc1)C(=S)Nc1ccc(Br)cc1. The Bertz CT molecular complexity index is 692. The fourth-order valence-corrected chi connectivity index (χ4v) is 2.29. The summed E-state index contributed by atoms with van der Waals surface area (Å²) in [5.74, 6) is -1.29. The minimum absolute atomic E-state index is 0.202. The maximum Gasteiger partial charge on any atom is 0.186 e. The number of rotatable bonds is 4. The van der Waals surface area contributed by atoms with Gasteiger partial charge in [-0.05, 0) is 24.3 Å². The molecule has 0 bridgehead atoms. The van der Waals surface area contributed by atoms with Crippen LogP contribution in [0.3, 0.4) is 0 Å². The Labute approximate surface area is 136 Å². The third-order valence-electron chi connectivity index (χ3n) is 2.82. The average Bonchev–Trinajstić information content (AvgIpc) is 2.51. The summed E-state index contributed by atoms with van der Waals surface area (Å²) < 4.78 is 0.941. The van der Waals surface area contributed by atoms with Gasteiger partial charge >= 0.3 is 0 Å². The Balaban J connectivity index is 2.14. The second kappa shape index (κ2) is 7.11. The normalized spacial score (nSPS) is 11.2. The topological polar surface area (TPSA) is 52.9 Å². The number of benzene rings is 2. The smallest absolute Gasteiger partial charge is 0.186 e. The van der Waals surface area contributed by atoms with E-state index in [-0.39, 0.29) is 10.8 Å². The Morgan fingerprint density at radius 1 is 1.14 bits per heavy atom. The molecule has 5 heteroatoms. The van der Waals surface area contributed by atoms with Crippen molar-refractivity contribution in [2.45, 2.75) is 0 Å². The van der Waals surface area contributed by atoms with Crippen LogP contribution in [0.4, 0.5) is 5.69 Å². The first-order valence-corrected chi connectivity index (χ1v) is 7.37. The zero-order valence-corrected chi connectivity index (χ0v) is 13.3. The highest BCUT2D eigenvalue weighted by Gasteiger charge is 2.24. The van der Waals surface area contributed by atoms with Crippen LogP contribution in [0.2, 0.25) is 0 Å². The first-order chi connectivity index (χ1) is 10.1. The molecule has 0 saturated carbocycles. The number of anilines is 1. The van der Waals surface area contributed by atoms with E-state index in [9.17, 15) is 10.1 Å². The van der Waals surface area contributed by atoms with Gasteiger partial charge < -0.3 is 5.32 Å². The van der Waals surface area contributed by atoms with Gasteiger partial charge in [0.1, 0.15) is 4.99 Å². The molecule has 1 atom stereocenters. The Kier molecular flexibility index (Phi) is 5.20. The lowest BCUT2D eigenvalue weighted by atomic mass is 9.98. The van der Waals surface area contributed by atoms with Gasteiger partial charge in [0.25, 0.3) is 0 Å². The van der Waals surface area contributed by atoms with E-state index in [1.165, 1.54) is 0 Å². The number of nitrogens with zero attached hydrogens (tertiary/aromatic N) is 1. The number of hydrogen-bond donors (Lipinski definition) is 1. The molecule has 1 N–H and O–H groups in total. The molecule has 2 rings (SSSR count). The Morgan fingerprint density at radius 2 is 1.76 bits per heavy atom. The molecule has 104 valence electrons. The molecule has 0 fully saturated rings. The van der Waals surface area contributed by atoms with Crippen molar-refractivity contribution >= 4 is 44.6 Å². The van der Waals surface area contributed by atoms with Crippen molar-refractivity contribution in [3.8, 4) is 6.07 Å². The molecule has 0 heterocycles. The molecule has 2 aromatic rings. The van der Waals surface area contributed by atoms with Crippen LogP contribution >= 0.6 is 28.1 Å². The number of nitrogens with one attached hydrogen (secondary N) is 1. The summed E-state index contributed by atoms with van der Waals surface area (Å²) in [4.78, 5) is 12.5. The predicted octanol–water partition coefficient (Wildman–Crippen LogP) is 4.21. The van der Waals surface area contributed by atoms with Gasteiger partial charge in [-0.2, -0.15) is 5.26 Å². The molecule has 3 nitrogen and oxygen atoms in total. The van der Waals surface area contributed by atoms with Crippen molar-refractivity contribution in [1.82, 2.24) is 0 Å². The summed E-state index contributed by atoms with van der Waals surface area (Å²) >= 11 is 8.54. The standard InChI is InChI=1S/C16H11BrN2OS/c17-12-6-8-13(9-7-12)19-16(21)14(10-18)15(20)11-4-2-1-3-5-11/h1-9,14H,(H,19,21). The van der Waals surface area contributed by atoms with Crippen LogP contribution < -0.4 is 5.32 Å². The average molecular weight is 359 g/mol. The highest BCUT2D eigenvalue weighted by atomic mass is 79.9. The second-order valence-electron chi connectivity index (χ2n) is 4.29. The molecular formula is C16H11BrN2OS. The van der Waals surface area contributed by atoms with E-state index in [2.05, 4.69) is 21.2 Å². The highest BCUT2D eigenvalue weighted by Crippen LogP contribution is 2.17. The van der Waals surface area contributed by atoms with Crippen LogP contribution in [0, 0.1) is 17.2 Å². The molecule has 1 unspecified atom stereocenters. The first kappa shape index (κ1) is 15.4. The van der Waals surface area contributed by atoms with Crippen LogP contribution in [0.1, 0.15) is 10.4 Å². The van der Waals surface area contributed by atoms with Gasteiger partial charge in [0, 0.05) is 15.7 Å². The van der Waals surface area contributed by atoms with Crippen LogP contribution in [-0.2, 0) is 0 Å². The van der Waals surface area contributed by atoms with Crippen LogP contribution in [-0.4, -0.2) is 10.8 Å². The molecular weight excluding hydrogens is 348 g/mol. The van der Waals surface area contributed by atoms with Crippen molar-refractivity contribution in [2.75, 3.05) is 5.32 Å². The van der Waals surface area contributed by atoms with E-state index in [1.807, 2.05) is 36.4 Å². The van der Waals surface area contributed by atoms with Gasteiger partial charge in [-0.15, -0.1) is 0 Å². The maximum absolute atomic E-state index is 12.3. The lowest BCUT2D eigenvalue weighted by Gasteiger charge is -2.12. The van der Waals surface area contributed by atoms with Crippen LogP contribution in [0.5, 0.6) is 0 Å². The summed E-state index contributed by atoms with van der Waals surface area (Å²) in [6.45, 7) is 0. The summed E-state index contributed by atoms with van der Waals surface area (Å²) in [6.07, 6.45) is 0. The zero-order valence-electron chi connectivity index (χ0n) is 10.9. The largest absolute Gasteiger partial charge is 0.349 e. The van der Waals surface area contributed by atoms with Crippen molar-refractivity contribution < 1.29 is 4.79 Å². The number of hydrogen-bond acceptors (Lipinski definition) is 3. The maximum atomic E-state index is 12.3. The summed E-state index contributed by atoms with van der Waals surface area (Å²) in [7, 11) is 0. The van der Waals surface area contributed by atoms with Gasteiger partial charge in [0.15, 0.2) is 11.7 Å². The lowest BCUT2D eigenvalue weighted by Crippen LogP contribution is -2.27. The summed E-state index contributed by atoms with van der Waals surface area (Å²) in [5, 5.41) is 12.2. The number of halogens is 1. The minimum Gasteiger partial charge on any atom is -0.349 e. The van der Waals surface area contributed by atoms with Gasteiger partial charge in [-0.3, -0.25) is 4.79 Å². The van der Waals surface area contributed by atoms with E-state index in [1.54, 1.807) is 24.3 Å². The first-order valence-electron chi connectivity index (χ1n) is 6.17. The quantitative estimate of drug-likeness (QED) is 0.656. The molecule has 0 aromatic heterocycles. The number of carbonyl (C=O) groups is 1. The van der Waals surface area contributed by atoms with E-state index in [0.29, 0.717) is 5.56 Å². The monoisotopic (exact) mass is 358 g/mol. The van der Waals surface area contributed by atoms with Crippen LogP contribution in [0.25, 0.3) is 0 Å². The molecule has 0 aliphatic carbocycles. The summed E-state index contributed by atoms with van der Waals surface area (Å²) in [5.41, 5.74) is 1.22. The zero-order chi connectivity index (χ0) is 15.2. The molecule has 0 radical (unpaired) electrons. The fourth-order valence-electron chi connectivity index (χ4n) is 1.75. The minimum atomic E-state index is -0.994. The molecule has 0 spiro atoms. The summed E-state index contributed by atoms with van der Waals surface area (Å²) in [6, 6.07) is 18.0. The molecule has 0 saturated heterocycles. The number of nitriles is 1. The van der Waals surface area contributed by atoms with Gasteiger partial charge in [0.05, 0.1) is 6.07 Å². The molecule has 0 amide bonds. The lowest BCUT2D eigenvalue weighted by molar-refractivity contribution is 0.0976. The number of thiocarbonyl (C=S) groups is 1. The van der Waals surface area contributed by atoms with E-state index < -0.39 is 5.92 Å². The van der Waals surface area contributed by atoms with Gasteiger partial charge in [-0.25, -0.2) is 0 Å². The molecule has 21 heavy (non-hydrogen) atoms. The fraction of sp³-hybridized carbons (Fsp3) is 0.0625. The Hall–Kier alpha value is -2.03. The molecule has 0 aliphatic heterocycles. The number of ketones is 1. The van der Waals surface area contributed by atoms with Crippen molar-refractivity contribution in [1.29, 1.82) is 5.26 Å². The Morgan fingerprint density at radius 3 is 2.33 bits per heavy atom. The van der Waals surface area contributed by atoms with Crippen molar-refractivity contribution in [2.24, 2.45) is 5.92 Å². The van der Waals surface area contributed by atoms with E-state index >= 15 is 0 Å². The second-order valence-corrected chi connectivity index (χ2v) is 5.64. The van der Waals surface area contributed by atoms with Gasteiger partial charge in [0.2, 0.25) is 0 Å². The van der Waals surface area contributed by atoms with E-state index in [4.69, 9.17) is 12.2 Å². The van der Waals surface area contributed by atoms with Crippen molar-refractivity contribution in [3.63, 3.8) is 0 Å². The highest BCUT2D eigenvalue weighted by molar-refractivity contribution is 9.10. The third kappa shape index (κ3) is 3.97. The number of Topliss-reactive ketones (excluding diaryl/α,β-unsaturated/α-hetero) is 1. The number of carbonyl (C=O) groups excluding carboxylic acids is 1. The van der Waals surface area contributed by atoms with E-state index in [0.717, 1.165) is 10.2 Å². The predicted molar refractivity (Wildman–Crippen MR) is 90.2 cm³/mol. The van der Waals surface area contributed by atoms with Crippen LogP contribution in [0.15, 0.2) is 59.1 Å². The molecule has 2 aromatic carbocycles. The molecule has 0 aliphatic rings.